The number of carboxylic acid groups (broad SMARTS) is 1. The van der Waals surface area contributed by atoms with Gasteiger partial charge in [-0.05, 0) is 23.6 Å². The van der Waals surface area contributed by atoms with Gasteiger partial charge in [0.1, 0.15) is 6.54 Å². The number of carboxylic acids is 1. The number of nitrogens with zero attached hydrogens (tertiary/aromatic N) is 2. The molecule has 0 saturated carbocycles. The van der Waals surface area contributed by atoms with E-state index in [4.69, 9.17) is 5.11 Å². The fraction of sp³-hybridized carbons (Fsp3) is 0.312. The van der Waals surface area contributed by atoms with Crippen molar-refractivity contribution in [2.75, 3.05) is 5.32 Å². The van der Waals surface area contributed by atoms with Crippen LogP contribution in [0.4, 0.5) is 19.0 Å². The molecule has 134 valence electrons. The van der Waals surface area contributed by atoms with Gasteiger partial charge in [0, 0.05) is 18.7 Å². The summed E-state index contributed by atoms with van der Waals surface area (Å²) in [5.74, 6) is -1.50. The van der Waals surface area contributed by atoms with Crippen molar-refractivity contribution in [3.8, 4) is 0 Å². The smallest absolute Gasteiger partial charge is 0.416 e. The number of benzene rings is 1. The summed E-state index contributed by atoms with van der Waals surface area (Å²) in [6, 6.07) is 6.13. The highest BCUT2D eigenvalue weighted by Gasteiger charge is 2.30. The van der Waals surface area contributed by atoms with E-state index in [1.165, 1.54) is 24.4 Å². The number of hydrogen-bond donors (Lipinski definition) is 2. The normalized spacial score (nSPS) is 12.6. The second-order valence-corrected chi connectivity index (χ2v) is 5.57. The van der Waals surface area contributed by atoms with Gasteiger partial charge >= 0.3 is 12.1 Å². The number of aromatic nitrogens is 2. The number of anilines is 1. The highest BCUT2D eigenvalue weighted by atomic mass is 19.4. The van der Waals surface area contributed by atoms with E-state index in [2.05, 4.69) is 10.4 Å². The van der Waals surface area contributed by atoms with Gasteiger partial charge in [-0.15, -0.1) is 0 Å². The molecular weight excluding hydrogens is 339 g/mol. The van der Waals surface area contributed by atoms with Crippen molar-refractivity contribution in [2.24, 2.45) is 0 Å². The van der Waals surface area contributed by atoms with Crippen molar-refractivity contribution in [3.05, 3.63) is 47.7 Å². The molecule has 0 radical (unpaired) electrons. The molecule has 0 fully saturated rings. The summed E-state index contributed by atoms with van der Waals surface area (Å²) in [6.07, 6.45) is -2.92. The third kappa shape index (κ3) is 5.33. The van der Waals surface area contributed by atoms with Crippen LogP contribution in [0.25, 0.3) is 0 Å². The molecule has 2 N–H and O–H groups in total. The second kappa shape index (κ2) is 7.37. The molecule has 0 aliphatic rings. The molecule has 1 atom stereocenters. The molecule has 2 aromatic rings. The summed E-state index contributed by atoms with van der Waals surface area (Å²) in [4.78, 5) is 22.6. The zero-order chi connectivity index (χ0) is 18.6. The second-order valence-electron chi connectivity index (χ2n) is 5.57. The minimum atomic E-state index is -4.39. The molecule has 1 aromatic carbocycles. The summed E-state index contributed by atoms with van der Waals surface area (Å²) < 4.78 is 38.8. The first-order chi connectivity index (χ1) is 11.6. The first-order valence-electron chi connectivity index (χ1n) is 7.37. The van der Waals surface area contributed by atoms with Crippen LogP contribution in [-0.4, -0.2) is 26.8 Å². The molecule has 0 spiro atoms. The van der Waals surface area contributed by atoms with Gasteiger partial charge in [-0.2, -0.15) is 18.3 Å². The molecule has 9 heteroatoms. The van der Waals surface area contributed by atoms with E-state index in [1.54, 1.807) is 6.92 Å². The third-order valence-electron chi connectivity index (χ3n) is 3.50. The maximum Gasteiger partial charge on any atom is 0.416 e. The number of hydrogen-bond acceptors (Lipinski definition) is 3. The Labute approximate surface area is 141 Å². The van der Waals surface area contributed by atoms with E-state index in [9.17, 15) is 22.8 Å². The lowest BCUT2D eigenvalue weighted by Crippen LogP contribution is -2.16. The quantitative estimate of drug-likeness (QED) is 0.834. The van der Waals surface area contributed by atoms with Crippen LogP contribution < -0.4 is 5.32 Å². The molecule has 1 amide bonds. The Bertz CT molecular complexity index is 754. The average molecular weight is 355 g/mol. The Balaban J connectivity index is 1.93. The summed E-state index contributed by atoms with van der Waals surface area (Å²) >= 11 is 0. The van der Waals surface area contributed by atoms with Gasteiger partial charge in [-0.1, -0.05) is 19.1 Å². The van der Waals surface area contributed by atoms with E-state index in [1.807, 2.05) is 0 Å². The zero-order valence-electron chi connectivity index (χ0n) is 13.2. The van der Waals surface area contributed by atoms with Crippen molar-refractivity contribution in [2.45, 2.75) is 32.0 Å². The van der Waals surface area contributed by atoms with Crippen molar-refractivity contribution in [3.63, 3.8) is 0 Å². The lowest BCUT2D eigenvalue weighted by Gasteiger charge is -2.13. The molecular formula is C16H16F3N3O3. The van der Waals surface area contributed by atoms with Gasteiger partial charge in [-0.25, -0.2) is 0 Å². The standard InChI is InChI=1S/C16H16F3N3O3/c1-10(11-2-4-12(5-3-11)16(17,18)19)8-14(23)20-13-6-7-22(21-13)9-15(24)25/h2-7,10H,8-9H2,1H3,(H,24,25)(H,20,21,23). The largest absolute Gasteiger partial charge is 0.480 e. The Morgan fingerprint density at radius 3 is 2.44 bits per heavy atom. The summed E-state index contributed by atoms with van der Waals surface area (Å²) in [5.41, 5.74) is -0.128. The zero-order valence-corrected chi connectivity index (χ0v) is 13.2. The molecule has 25 heavy (non-hydrogen) atoms. The first kappa shape index (κ1) is 18.5. The Morgan fingerprint density at radius 1 is 1.24 bits per heavy atom. The Morgan fingerprint density at radius 2 is 1.88 bits per heavy atom. The van der Waals surface area contributed by atoms with E-state index in [0.29, 0.717) is 5.56 Å². The van der Waals surface area contributed by atoms with Crippen molar-refractivity contribution in [1.29, 1.82) is 0 Å². The number of carbonyl (C=O) groups is 2. The minimum absolute atomic E-state index is 0.0527. The number of aliphatic carboxylic acids is 1. The van der Waals surface area contributed by atoms with Gasteiger partial charge in [0.05, 0.1) is 5.56 Å². The van der Waals surface area contributed by atoms with Crippen molar-refractivity contribution in [1.82, 2.24) is 9.78 Å². The number of nitrogens with one attached hydrogen (secondary N) is 1. The maximum absolute atomic E-state index is 12.5. The van der Waals surface area contributed by atoms with Gasteiger partial charge < -0.3 is 10.4 Å². The van der Waals surface area contributed by atoms with Crippen LogP contribution in [0.3, 0.4) is 0 Å². The Hall–Kier alpha value is -2.84. The molecule has 1 aromatic heterocycles. The van der Waals surface area contributed by atoms with Crippen LogP contribution in [0.15, 0.2) is 36.5 Å². The molecule has 0 aliphatic carbocycles. The maximum atomic E-state index is 12.5. The van der Waals surface area contributed by atoms with Gasteiger partial charge in [0.2, 0.25) is 5.91 Å². The lowest BCUT2D eigenvalue weighted by atomic mass is 9.96. The fourth-order valence-corrected chi connectivity index (χ4v) is 2.25. The Kier molecular flexibility index (Phi) is 5.45. The highest BCUT2D eigenvalue weighted by Crippen LogP contribution is 2.30. The predicted molar refractivity (Wildman–Crippen MR) is 83.0 cm³/mol. The van der Waals surface area contributed by atoms with Gasteiger partial charge in [0.25, 0.3) is 0 Å². The molecule has 1 heterocycles. The molecule has 2 rings (SSSR count). The van der Waals surface area contributed by atoms with Crippen LogP contribution >= 0.6 is 0 Å². The van der Waals surface area contributed by atoms with E-state index >= 15 is 0 Å². The van der Waals surface area contributed by atoms with Crippen molar-refractivity contribution >= 4 is 17.7 Å². The number of alkyl halides is 3. The molecule has 0 saturated heterocycles. The monoisotopic (exact) mass is 355 g/mol. The average Bonchev–Trinajstić information content (AvgIpc) is 2.92. The van der Waals surface area contributed by atoms with Crippen LogP contribution in [0, 0.1) is 0 Å². The van der Waals surface area contributed by atoms with Crippen LogP contribution in [0.5, 0.6) is 0 Å². The SMILES string of the molecule is CC(CC(=O)Nc1ccn(CC(=O)O)n1)c1ccc(C(F)(F)F)cc1. The first-order valence-corrected chi connectivity index (χ1v) is 7.37. The lowest BCUT2D eigenvalue weighted by molar-refractivity contribution is -0.138. The molecule has 0 aliphatic heterocycles. The van der Waals surface area contributed by atoms with Crippen LogP contribution in [0.1, 0.15) is 30.4 Å². The number of amides is 1. The van der Waals surface area contributed by atoms with Crippen LogP contribution in [-0.2, 0) is 22.3 Å². The van der Waals surface area contributed by atoms with E-state index in [0.717, 1.165) is 16.8 Å². The summed E-state index contributed by atoms with van der Waals surface area (Å²) in [6.45, 7) is 1.41. The highest BCUT2D eigenvalue weighted by molar-refractivity contribution is 5.90. The topological polar surface area (TPSA) is 84.2 Å². The van der Waals surface area contributed by atoms with Crippen molar-refractivity contribution < 1.29 is 27.9 Å². The minimum Gasteiger partial charge on any atom is -0.480 e. The van der Waals surface area contributed by atoms with Crippen LogP contribution in [0.2, 0.25) is 0 Å². The van der Waals surface area contributed by atoms with E-state index < -0.39 is 17.7 Å². The number of carbonyl (C=O) groups excluding carboxylic acids is 1. The number of halogens is 3. The molecule has 6 nitrogen and oxygen atoms in total. The fourth-order valence-electron chi connectivity index (χ4n) is 2.25. The van der Waals surface area contributed by atoms with E-state index in [-0.39, 0.29) is 30.6 Å². The van der Waals surface area contributed by atoms with Gasteiger partial charge in [0.15, 0.2) is 5.82 Å². The number of rotatable bonds is 6. The third-order valence-corrected chi connectivity index (χ3v) is 3.50. The predicted octanol–water partition coefficient (Wildman–Crippen LogP) is 3.12. The molecule has 0 bridgehead atoms. The van der Waals surface area contributed by atoms with Gasteiger partial charge in [-0.3, -0.25) is 14.3 Å². The summed E-state index contributed by atoms with van der Waals surface area (Å²) in [5, 5.41) is 15.1. The molecule has 1 unspecified atom stereocenters. The summed E-state index contributed by atoms with van der Waals surface area (Å²) in [7, 11) is 0.